The second kappa shape index (κ2) is 15.0. The molecule has 0 radical (unpaired) electrons. The van der Waals surface area contributed by atoms with E-state index in [4.69, 9.17) is 11.6 Å². The minimum absolute atomic E-state index is 0.0219. The predicted octanol–water partition coefficient (Wildman–Crippen LogP) is 7.92. The molecule has 0 aliphatic heterocycles. The third kappa shape index (κ3) is 8.03. The molecule has 15 nitrogen and oxygen atoms in total. The van der Waals surface area contributed by atoms with E-state index in [2.05, 4.69) is 30.5 Å². The number of phenolic OH excluding ortho intramolecular Hbond substituents is 1. The van der Waals surface area contributed by atoms with Gasteiger partial charge in [0.25, 0.3) is 20.2 Å². The molecule has 0 fully saturated rings. The molecule has 54 heavy (non-hydrogen) atoms. The van der Waals surface area contributed by atoms with Crippen LogP contribution in [0.25, 0.3) is 21.5 Å². The van der Waals surface area contributed by atoms with Crippen molar-refractivity contribution in [2.45, 2.75) is 47.3 Å². The molecule has 0 aliphatic carbocycles. The lowest BCUT2D eigenvalue weighted by molar-refractivity contribution is 0.480. The molecule has 19 heteroatoms. The molecule has 0 bridgehead atoms. The van der Waals surface area contributed by atoms with Crippen molar-refractivity contribution in [3.63, 3.8) is 0 Å². The average Bonchev–Trinajstić information content (AvgIpc) is 3.10. The van der Waals surface area contributed by atoms with E-state index in [0.29, 0.717) is 23.8 Å². The van der Waals surface area contributed by atoms with E-state index in [1.165, 1.54) is 30.3 Å². The first kappa shape index (κ1) is 38.6. The van der Waals surface area contributed by atoms with Crippen LogP contribution in [0, 0.1) is 0 Å². The van der Waals surface area contributed by atoms with Crippen molar-refractivity contribution in [3.8, 4) is 5.75 Å². The SMILES string of the molecule is CCCS(=O)(=O)c1cccc(C(CC)c2nc(Cl)nc(Nc3cc(S(=O)(=O)O)cc4ccc(N=Nc5ccc6ccccc6c5S(=O)(=O)O)c(O)c34)n2)c1. The molecular weight excluding hydrogens is 780 g/mol. The third-order valence-corrected chi connectivity index (χ3v) is 12.3. The Morgan fingerprint density at radius 1 is 0.759 bits per heavy atom. The van der Waals surface area contributed by atoms with Gasteiger partial charge in [0.1, 0.15) is 22.1 Å². The highest BCUT2D eigenvalue weighted by molar-refractivity contribution is 7.91. The van der Waals surface area contributed by atoms with E-state index in [0.717, 1.165) is 12.1 Å². The Bertz CT molecular complexity index is 2820. The van der Waals surface area contributed by atoms with Gasteiger partial charge in [-0.3, -0.25) is 9.11 Å². The number of halogens is 1. The summed E-state index contributed by atoms with van der Waals surface area (Å²) in [6.07, 6.45) is 0.860. The molecule has 0 spiro atoms. The van der Waals surface area contributed by atoms with Crippen LogP contribution in [0.15, 0.2) is 110 Å². The summed E-state index contributed by atoms with van der Waals surface area (Å²) in [6.45, 7) is 3.61. The van der Waals surface area contributed by atoms with E-state index in [-0.39, 0.29) is 60.9 Å². The van der Waals surface area contributed by atoms with Gasteiger partial charge in [-0.2, -0.15) is 26.8 Å². The van der Waals surface area contributed by atoms with E-state index < -0.39 is 51.5 Å². The van der Waals surface area contributed by atoms with Gasteiger partial charge in [0.05, 0.1) is 21.2 Å². The van der Waals surface area contributed by atoms with Crippen molar-refractivity contribution in [2.75, 3.05) is 11.1 Å². The molecule has 0 amide bonds. The Morgan fingerprint density at radius 2 is 1.46 bits per heavy atom. The summed E-state index contributed by atoms with van der Waals surface area (Å²) in [5, 5.41) is 23.0. The number of aromatic nitrogens is 3. The van der Waals surface area contributed by atoms with Crippen molar-refractivity contribution in [1.82, 2.24) is 15.0 Å². The topological polar surface area (TPSA) is 239 Å². The van der Waals surface area contributed by atoms with Gasteiger partial charge >= 0.3 is 0 Å². The third-order valence-electron chi connectivity index (χ3n) is 8.41. The van der Waals surface area contributed by atoms with Gasteiger partial charge in [-0.05, 0) is 77.2 Å². The molecule has 1 unspecified atom stereocenters. The number of nitrogens with one attached hydrogen (secondary N) is 1. The Morgan fingerprint density at radius 3 is 2.17 bits per heavy atom. The first-order valence-corrected chi connectivity index (χ1v) is 21.1. The summed E-state index contributed by atoms with van der Waals surface area (Å²) < 4.78 is 95.0. The highest BCUT2D eigenvalue weighted by Gasteiger charge is 2.24. The first-order valence-electron chi connectivity index (χ1n) is 16.2. The zero-order valence-corrected chi connectivity index (χ0v) is 31.6. The van der Waals surface area contributed by atoms with Crippen LogP contribution in [0.1, 0.15) is 44.0 Å². The molecule has 0 saturated heterocycles. The number of hydrogen-bond donors (Lipinski definition) is 4. The zero-order valence-electron chi connectivity index (χ0n) is 28.4. The normalized spacial score (nSPS) is 13.1. The monoisotopic (exact) mass is 810 g/mol. The van der Waals surface area contributed by atoms with Crippen molar-refractivity contribution in [1.29, 1.82) is 0 Å². The van der Waals surface area contributed by atoms with Gasteiger partial charge in [0.15, 0.2) is 15.6 Å². The van der Waals surface area contributed by atoms with Gasteiger partial charge in [0.2, 0.25) is 11.2 Å². The van der Waals surface area contributed by atoms with Crippen LogP contribution in [0.5, 0.6) is 5.75 Å². The summed E-state index contributed by atoms with van der Waals surface area (Å²) in [7, 11) is -13.1. The minimum atomic E-state index is -4.78. The number of phenols is 1. The molecule has 0 saturated carbocycles. The summed E-state index contributed by atoms with van der Waals surface area (Å²) >= 11 is 6.34. The summed E-state index contributed by atoms with van der Waals surface area (Å²) in [6, 6.07) is 20.6. The number of anilines is 2. The predicted molar refractivity (Wildman–Crippen MR) is 202 cm³/mol. The molecule has 4 N–H and O–H groups in total. The first-order chi connectivity index (χ1) is 25.5. The molecule has 6 aromatic rings. The molecule has 1 aromatic heterocycles. The number of nitrogens with zero attached hydrogens (tertiary/aromatic N) is 5. The number of aromatic hydroxyl groups is 1. The molecule has 0 aliphatic rings. The maximum atomic E-state index is 12.8. The zero-order chi connectivity index (χ0) is 39.0. The molecule has 5 aromatic carbocycles. The summed E-state index contributed by atoms with van der Waals surface area (Å²) in [4.78, 5) is 12.0. The maximum Gasteiger partial charge on any atom is 0.297 e. The van der Waals surface area contributed by atoms with Crippen LogP contribution < -0.4 is 5.32 Å². The molecule has 1 atom stereocenters. The second-order valence-corrected chi connectivity index (χ2v) is 17.3. The van der Waals surface area contributed by atoms with Crippen LogP contribution >= 0.6 is 11.6 Å². The number of sulfone groups is 1. The van der Waals surface area contributed by atoms with E-state index in [1.807, 2.05) is 6.92 Å². The number of azo groups is 1. The number of fused-ring (bicyclic) bond motifs is 2. The lowest BCUT2D eigenvalue weighted by Crippen LogP contribution is -2.11. The quantitative estimate of drug-likeness (QED) is 0.0679. The van der Waals surface area contributed by atoms with Gasteiger partial charge < -0.3 is 10.4 Å². The van der Waals surface area contributed by atoms with Gasteiger partial charge in [-0.25, -0.2) is 13.4 Å². The van der Waals surface area contributed by atoms with Crippen LogP contribution in [-0.4, -0.2) is 60.2 Å². The van der Waals surface area contributed by atoms with Crippen molar-refractivity contribution >= 4 is 86.2 Å². The average molecular weight is 811 g/mol. The number of hydrogen-bond acceptors (Lipinski definition) is 13. The largest absolute Gasteiger partial charge is 0.505 e. The fourth-order valence-electron chi connectivity index (χ4n) is 6.00. The highest BCUT2D eigenvalue weighted by Crippen LogP contribution is 2.43. The maximum absolute atomic E-state index is 12.8. The van der Waals surface area contributed by atoms with E-state index >= 15 is 0 Å². The van der Waals surface area contributed by atoms with E-state index in [1.54, 1.807) is 49.4 Å². The highest BCUT2D eigenvalue weighted by atomic mass is 35.5. The Hall–Kier alpha value is -5.11. The number of rotatable bonds is 12. The second-order valence-electron chi connectivity index (χ2n) is 12.1. The van der Waals surface area contributed by atoms with Gasteiger partial charge in [0, 0.05) is 16.7 Å². The smallest absolute Gasteiger partial charge is 0.297 e. The standard InChI is InChI=1S/C35H31ClN6O9S3/c1-3-16-52(44,45)23-10-7-9-21(17-23)25(4-2)33-38-34(36)40-35(39-33)37-29-19-24(53(46,47)48)18-22-13-14-27(31(43)30(22)29)41-42-28-15-12-20-8-5-6-11-26(20)32(28)54(49,50)51/h5-15,17-19,25,43H,3-4,16H2,1-2H3,(H,46,47,48)(H,49,50,51)(H,37,38,39,40). The molecule has 6 rings (SSSR count). The van der Waals surface area contributed by atoms with Crippen LogP contribution in [0.4, 0.5) is 23.0 Å². The fourth-order valence-corrected chi connectivity index (χ4v) is 8.92. The Kier molecular flexibility index (Phi) is 10.7. The summed E-state index contributed by atoms with van der Waals surface area (Å²) in [5.74, 6) is -1.14. The Labute approximate surface area is 315 Å². The van der Waals surface area contributed by atoms with Crippen molar-refractivity contribution in [3.05, 3.63) is 102 Å². The van der Waals surface area contributed by atoms with Crippen molar-refractivity contribution < 1.29 is 39.5 Å². The molecule has 280 valence electrons. The summed E-state index contributed by atoms with van der Waals surface area (Å²) in [5.41, 5.74) is 0.0749. The van der Waals surface area contributed by atoms with Gasteiger partial charge in [-0.1, -0.05) is 62.4 Å². The molecule has 1 heterocycles. The number of benzene rings is 5. The minimum Gasteiger partial charge on any atom is -0.505 e. The van der Waals surface area contributed by atoms with Gasteiger partial charge in [-0.15, -0.1) is 10.2 Å². The Balaban J connectivity index is 1.45. The fraction of sp³-hybridized carbons (Fsp3) is 0.171. The van der Waals surface area contributed by atoms with Crippen molar-refractivity contribution in [2.24, 2.45) is 10.2 Å². The van der Waals surface area contributed by atoms with E-state index in [9.17, 15) is 39.5 Å². The van der Waals surface area contributed by atoms with Crippen LogP contribution in [0.2, 0.25) is 5.28 Å². The van der Waals surface area contributed by atoms with Crippen LogP contribution in [-0.2, 0) is 30.1 Å². The lowest BCUT2D eigenvalue weighted by Gasteiger charge is -2.17. The van der Waals surface area contributed by atoms with Crippen LogP contribution in [0.3, 0.4) is 0 Å². The molecular formula is C35H31ClN6O9S3. The lowest BCUT2D eigenvalue weighted by atomic mass is 9.96.